The molecule has 0 amide bonds. The largest absolute Gasteiger partial charge is 0.460 e. The number of ether oxygens (including phenoxy) is 3. The van der Waals surface area contributed by atoms with Crippen LogP contribution in [-0.2, 0) is 15.1 Å². The number of esters is 1. The van der Waals surface area contributed by atoms with Crippen LogP contribution in [0.15, 0.2) is 115 Å². The summed E-state index contributed by atoms with van der Waals surface area (Å²) in [6.07, 6.45) is 1.44. The van der Waals surface area contributed by atoms with Gasteiger partial charge in [-0.1, -0.05) is 97.1 Å². The van der Waals surface area contributed by atoms with Crippen LogP contribution in [0.1, 0.15) is 36.1 Å². The van der Waals surface area contributed by atoms with Gasteiger partial charge in [0.2, 0.25) is 6.79 Å². The molecule has 39 heavy (non-hydrogen) atoms. The smallest absolute Gasteiger partial charge is 0.331 e. The first kappa shape index (κ1) is 25.0. The summed E-state index contributed by atoms with van der Waals surface area (Å²) in [4.78, 5) is 15.5. The molecule has 0 aromatic heterocycles. The van der Waals surface area contributed by atoms with Crippen molar-refractivity contribution >= 4 is 11.5 Å². The zero-order valence-corrected chi connectivity index (χ0v) is 22.1. The molecule has 5 heteroatoms. The quantitative estimate of drug-likeness (QED) is 0.117. The Bertz CT molecular complexity index is 1390. The molecule has 0 radical (unpaired) electrons. The van der Waals surface area contributed by atoms with Gasteiger partial charge < -0.3 is 14.2 Å². The second-order valence-corrected chi connectivity index (χ2v) is 10.1. The maximum Gasteiger partial charge on any atom is 0.331 e. The van der Waals surface area contributed by atoms with Gasteiger partial charge in [-0.15, -0.1) is 0 Å². The first-order valence-electron chi connectivity index (χ1n) is 13.3. The summed E-state index contributed by atoms with van der Waals surface area (Å²) in [5.41, 5.74) is 4.74. The van der Waals surface area contributed by atoms with Gasteiger partial charge in [-0.3, -0.25) is 4.90 Å². The van der Waals surface area contributed by atoms with Crippen LogP contribution in [0.2, 0.25) is 0 Å². The Morgan fingerprint density at radius 3 is 1.90 bits per heavy atom. The Balaban J connectivity index is 1.51. The van der Waals surface area contributed by atoms with E-state index in [4.69, 9.17) is 14.2 Å². The normalized spacial score (nSPS) is 18.2. The fourth-order valence-corrected chi connectivity index (χ4v) is 5.65. The molecule has 4 aromatic carbocycles. The summed E-state index contributed by atoms with van der Waals surface area (Å²) < 4.78 is 16.8. The lowest BCUT2D eigenvalue weighted by Crippen LogP contribution is -2.39. The Hall–Kier alpha value is -4.35. The van der Waals surface area contributed by atoms with Crippen LogP contribution >= 0.6 is 0 Å². The van der Waals surface area contributed by atoms with Gasteiger partial charge in [0.1, 0.15) is 0 Å². The monoisotopic (exact) mass is 517 g/mol. The summed E-state index contributed by atoms with van der Waals surface area (Å²) >= 11 is 0. The molecule has 4 aromatic rings. The minimum absolute atomic E-state index is 0.0364. The first-order chi connectivity index (χ1) is 19.1. The Labute approximate surface area is 229 Å². The lowest BCUT2D eigenvalue weighted by molar-refractivity contribution is -0.141. The average molecular weight is 518 g/mol. The predicted octanol–water partition coefficient (Wildman–Crippen LogP) is 6.43. The van der Waals surface area contributed by atoms with Gasteiger partial charge in [-0.2, -0.15) is 0 Å². The minimum Gasteiger partial charge on any atom is -0.460 e. The highest BCUT2D eigenvalue weighted by molar-refractivity contribution is 5.94. The predicted molar refractivity (Wildman–Crippen MR) is 151 cm³/mol. The molecule has 1 saturated heterocycles. The van der Waals surface area contributed by atoms with Crippen LogP contribution in [0, 0.1) is 0 Å². The van der Waals surface area contributed by atoms with Crippen molar-refractivity contribution < 1.29 is 19.0 Å². The lowest BCUT2D eigenvalue weighted by atomic mass is 9.76. The van der Waals surface area contributed by atoms with Gasteiger partial charge in [-0.05, 0) is 53.8 Å². The summed E-state index contributed by atoms with van der Waals surface area (Å²) in [5.74, 6) is 1.04. The molecule has 0 bridgehead atoms. The Kier molecular flexibility index (Phi) is 6.67. The van der Waals surface area contributed by atoms with Crippen molar-refractivity contribution in [1.82, 2.24) is 4.90 Å². The molecule has 2 aliphatic rings. The van der Waals surface area contributed by atoms with Gasteiger partial charge >= 0.3 is 5.97 Å². The number of carbonyl (C=O) groups is 1. The molecule has 0 N–H and O–H groups in total. The Morgan fingerprint density at radius 1 is 0.821 bits per heavy atom. The lowest BCUT2D eigenvalue weighted by Gasteiger charge is -2.38. The summed E-state index contributed by atoms with van der Waals surface area (Å²) in [6, 6.07) is 37.6. The molecular formula is C34H31NO4. The molecule has 0 aliphatic carbocycles. The van der Waals surface area contributed by atoms with E-state index in [1.165, 1.54) is 16.7 Å². The molecule has 5 nitrogen and oxygen atoms in total. The summed E-state index contributed by atoms with van der Waals surface area (Å²) in [5, 5.41) is 0. The van der Waals surface area contributed by atoms with E-state index in [1.807, 2.05) is 50.2 Å². The number of benzene rings is 4. The molecule has 0 saturated carbocycles. The third kappa shape index (κ3) is 4.70. The van der Waals surface area contributed by atoms with Crippen molar-refractivity contribution in [2.75, 3.05) is 13.3 Å². The third-order valence-electron chi connectivity index (χ3n) is 7.31. The van der Waals surface area contributed by atoms with Crippen LogP contribution in [0.4, 0.5) is 0 Å². The molecule has 1 fully saturated rings. The van der Waals surface area contributed by atoms with E-state index in [0.717, 1.165) is 17.7 Å². The van der Waals surface area contributed by atoms with Gasteiger partial charge in [-0.25, -0.2) is 4.79 Å². The maximum absolute atomic E-state index is 13.0. The van der Waals surface area contributed by atoms with Gasteiger partial charge in [0.05, 0.1) is 11.6 Å². The molecular weight excluding hydrogens is 486 g/mol. The second-order valence-electron chi connectivity index (χ2n) is 10.1. The summed E-state index contributed by atoms with van der Waals surface area (Å²) in [6.45, 7) is 4.68. The number of hydrogen-bond donors (Lipinski definition) is 0. The fraction of sp³-hybridized carbons (Fsp3) is 0.206. The van der Waals surface area contributed by atoms with Crippen molar-refractivity contribution in [3.8, 4) is 11.5 Å². The number of carbonyl (C=O) groups excluding carboxylic acids is 1. The van der Waals surface area contributed by atoms with E-state index in [-0.39, 0.29) is 24.9 Å². The average Bonchev–Trinajstić information content (AvgIpc) is 3.60. The van der Waals surface area contributed by atoms with E-state index >= 15 is 0 Å². The SMILES string of the molecule is CC(C)OC(=O)/C=C(\c1ccc2c(c1)OCO2)[C@@H]1CN1C(c1ccccc1)(c1ccccc1)c1ccccc1. The Morgan fingerprint density at radius 2 is 1.36 bits per heavy atom. The highest BCUT2D eigenvalue weighted by atomic mass is 16.7. The third-order valence-corrected chi connectivity index (χ3v) is 7.31. The van der Waals surface area contributed by atoms with Crippen LogP contribution in [0.3, 0.4) is 0 Å². The first-order valence-corrected chi connectivity index (χ1v) is 13.3. The van der Waals surface area contributed by atoms with Crippen molar-refractivity contribution in [2.24, 2.45) is 0 Å². The summed E-state index contributed by atoms with van der Waals surface area (Å²) in [7, 11) is 0. The number of hydrogen-bond acceptors (Lipinski definition) is 5. The minimum atomic E-state index is -0.564. The van der Waals surface area contributed by atoms with E-state index in [0.29, 0.717) is 11.5 Å². The molecule has 0 spiro atoms. The molecule has 2 heterocycles. The number of nitrogens with zero attached hydrogens (tertiary/aromatic N) is 1. The van der Waals surface area contributed by atoms with E-state index in [1.54, 1.807) is 6.08 Å². The second kappa shape index (κ2) is 10.4. The zero-order valence-electron chi connectivity index (χ0n) is 22.1. The van der Waals surface area contributed by atoms with Crippen molar-refractivity contribution in [3.63, 3.8) is 0 Å². The topological polar surface area (TPSA) is 47.8 Å². The van der Waals surface area contributed by atoms with Crippen molar-refractivity contribution in [1.29, 1.82) is 0 Å². The number of fused-ring (bicyclic) bond motifs is 1. The molecule has 2 atom stereocenters. The van der Waals surface area contributed by atoms with Gasteiger partial charge in [0.15, 0.2) is 11.5 Å². The van der Waals surface area contributed by atoms with Crippen LogP contribution in [0.5, 0.6) is 11.5 Å². The molecule has 1 unspecified atom stereocenters. The van der Waals surface area contributed by atoms with Crippen molar-refractivity contribution in [2.45, 2.75) is 31.5 Å². The molecule has 6 rings (SSSR count). The maximum atomic E-state index is 13.0. The fourth-order valence-electron chi connectivity index (χ4n) is 5.65. The van der Waals surface area contributed by atoms with Crippen LogP contribution in [0.25, 0.3) is 5.57 Å². The number of rotatable bonds is 8. The zero-order chi connectivity index (χ0) is 26.8. The standard InChI is InChI=1S/C34H31NO4/c1-24(2)39-33(36)21-29(25-18-19-31-32(20-25)38-23-37-31)30-22-35(30)34(26-12-6-3-7-13-26,27-14-8-4-9-15-27)28-16-10-5-11-17-28/h3-21,24,30H,22-23H2,1-2H3/b29-21+/t30-,35?/m0/s1. The molecule has 196 valence electrons. The highest BCUT2D eigenvalue weighted by Crippen LogP contribution is 2.51. The van der Waals surface area contributed by atoms with E-state index in [2.05, 4.69) is 77.7 Å². The highest BCUT2D eigenvalue weighted by Gasteiger charge is 2.54. The van der Waals surface area contributed by atoms with Crippen LogP contribution in [-0.4, -0.2) is 36.4 Å². The van der Waals surface area contributed by atoms with Gasteiger partial charge in [0.25, 0.3) is 0 Å². The molecule has 2 aliphatic heterocycles. The van der Waals surface area contributed by atoms with Crippen molar-refractivity contribution in [3.05, 3.63) is 138 Å². The van der Waals surface area contributed by atoms with Crippen LogP contribution < -0.4 is 9.47 Å². The van der Waals surface area contributed by atoms with E-state index < -0.39 is 5.54 Å². The van der Waals surface area contributed by atoms with E-state index in [9.17, 15) is 4.79 Å². The van der Waals surface area contributed by atoms with Gasteiger partial charge in [0, 0.05) is 18.7 Å².